The minimum Gasteiger partial charge on any atom is -0.486 e. The fraction of sp³-hybridized carbons (Fsp3) is 0.344. The van der Waals surface area contributed by atoms with E-state index in [9.17, 15) is 23.1 Å². The van der Waals surface area contributed by atoms with Gasteiger partial charge in [0.05, 0.1) is 0 Å². The van der Waals surface area contributed by atoms with Crippen molar-refractivity contribution >= 4 is 27.8 Å². The van der Waals surface area contributed by atoms with Crippen molar-refractivity contribution in [3.63, 3.8) is 0 Å². The van der Waals surface area contributed by atoms with E-state index in [1.165, 1.54) is 4.31 Å². The number of aliphatic carboxylic acids is 1. The Bertz CT molecular complexity index is 1710. The van der Waals surface area contributed by atoms with Gasteiger partial charge in [0, 0.05) is 55.7 Å². The number of hydrogen-bond acceptors (Lipinski definition) is 8. The molecule has 13 heteroatoms. The summed E-state index contributed by atoms with van der Waals surface area (Å²) in [6.07, 6.45) is 1.55. The summed E-state index contributed by atoms with van der Waals surface area (Å²) in [5, 5.41) is 12.2. The highest BCUT2D eigenvalue weighted by Crippen LogP contribution is 2.30. The molecule has 1 atom stereocenters. The second-order valence-electron chi connectivity index (χ2n) is 11.0. The van der Waals surface area contributed by atoms with Crippen molar-refractivity contribution in [3.8, 4) is 23.3 Å². The maximum Gasteiger partial charge on any atom is 0.322 e. The Morgan fingerprint density at radius 2 is 1.62 bits per heavy atom. The highest BCUT2D eigenvalue weighted by Gasteiger charge is 2.33. The van der Waals surface area contributed by atoms with Gasteiger partial charge in [-0.3, -0.25) is 14.6 Å². The summed E-state index contributed by atoms with van der Waals surface area (Å²) in [5.74, 6) is 5.65. The van der Waals surface area contributed by atoms with E-state index in [0.717, 1.165) is 16.8 Å². The zero-order chi connectivity index (χ0) is 32.0. The number of piperazine rings is 1. The molecule has 1 saturated heterocycles. The van der Waals surface area contributed by atoms with Crippen LogP contribution in [-0.4, -0.2) is 80.1 Å². The minimum atomic E-state index is -3.93. The number of rotatable bonds is 9. The number of carbonyl (C=O) groups excluding carboxylic acids is 1. The molecule has 2 aliphatic heterocycles. The molecule has 3 aromatic rings. The molecule has 3 N–H and O–H groups in total. The number of carbonyl (C=O) groups is 2. The Morgan fingerprint density at radius 1 is 0.933 bits per heavy atom. The van der Waals surface area contributed by atoms with Gasteiger partial charge in [-0.1, -0.05) is 31.8 Å². The molecular weight excluding hydrogens is 598 g/mol. The van der Waals surface area contributed by atoms with Gasteiger partial charge in [0.25, 0.3) is 16.1 Å². The zero-order valence-corrected chi connectivity index (χ0v) is 25.8. The zero-order valence-electron chi connectivity index (χ0n) is 25.0. The van der Waals surface area contributed by atoms with Gasteiger partial charge in [-0.25, -0.2) is 0 Å². The molecule has 0 bridgehead atoms. The molecule has 0 unspecified atom stereocenters. The van der Waals surface area contributed by atoms with E-state index in [-0.39, 0.29) is 30.6 Å². The summed E-state index contributed by atoms with van der Waals surface area (Å²) in [5.41, 5.74) is 3.49. The summed E-state index contributed by atoms with van der Waals surface area (Å²) in [6, 6.07) is 15.4. The molecule has 12 nitrogen and oxygen atoms in total. The van der Waals surface area contributed by atoms with Gasteiger partial charge in [-0.05, 0) is 60.0 Å². The Kier molecular flexibility index (Phi) is 9.87. The number of hydrogen-bond donors (Lipinski definition) is 3. The van der Waals surface area contributed by atoms with Crippen molar-refractivity contribution < 1.29 is 32.6 Å². The van der Waals surface area contributed by atoms with E-state index in [1.807, 2.05) is 42.5 Å². The minimum absolute atomic E-state index is 0.232. The predicted octanol–water partition coefficient (Wildman–Crippen LogP) is 2.25. The van der Waals surface area contributed by atoms with Gasteiger partial charge in [0.1, 0.15) is 24.9 Å². The average molecular weight is 634 g/mol. The van der Waals surface area contributed by atoms with Gasteiger partial charge in [-0.2, -0.15) is 17.4 Å². The number of anilines is 1. The van der Waals surface area contributed by atoms with E-state index in [2.05, 4.69) is 31.8 Å². The molecule has 2 aromatic carbocycles. The van der Waals surface area contributed by atoms with Crippen LogP contribution >= 0.6 is 0 Å². The van der Waals surface area contributed by atoms with Crippen molar-refractivity contribution in [1.82, 2.24) is 19.3 Å². The van der Waals surface area contributed by atoms with E-state index in [4.69, 9.17) is 9.47 Å². The standard InChI is InChI=1S/C32H35N5O7S/c1-22(2)30(32(39)40)35-45(41,42)37-15-13-36(14-16-37)26-8-5-23(6-9-26)3-4-24-11-12-33-27(19-24)31(38)34-21-25-7-10-28-29(20-25)44-18-17-43-28/h5-12,19-20,22,30,35H,13-18,21H2,1-2H3,(H,34,38)(H,39,40)/t30-/m1/s1. The summed E-state index contributed by atoms with van der Waals surface area (Å²) in [6.45, 7) is 6.02. The number of amides is 1. The molecule has 1 aromatic heterocycles. The number of carboxylic acids is 1. The number of nitrogens with one attached hydrogen (secondary N) is 2. The monoisotopic (exact) mass is 633 g/mol. The molecular formula is C32H35N5O7S. The smallest absolute Gasteiger partial charge is 0.322 e. The lowest BCUT2D eigenvalue weighted by molar-refractivity contribution is -0.140. The number of fused-ring (bicyclic) bond motifs is 1. The second kappa shape index (κ2) is 14.0. The summed E-state index contributed by atoms with van der Waals surface area (Å²) in [7, 11) is -3.93. The van der Waals surface area contributed by atoms with Gasteiger partial charge in [-0.15, -0.1) is 0 Å². The molecule has 1 amide bonds. The van der Waals surface area contributed by atoms with Crippen molar-refractivity contribution in [2.24, 2.45) is 5.92 Å². The normalized spacial score (nSPS) is 15.6. The average Bonchev–Trinajstić information content (AvgIpc) is 3.05. The van der Waals surface area contributed by atoms with E-state index < -0.39 is 22.2 Å². The number of pyridine rings is 1. The molecule has 5 rings (SSSR count). The Hall–Kier alpha value is -4.64. The molecule has 236 valence electrons. The highest BCUT2D eigenvalue weighted by molar-refractivity contribution is 7.87. The van der Waals surface area contributed by atoms with Crippen LogP contribution in [0.2, 0.25) is 0 Å². The van der Waals surface area contributed by atoms with Gasteiger partial charge in [0.15, 0.2) is 11.5 Å². The molecule has 3 heterocycles. The third-order valence-corrected chi connectivity index (χ3v) is 9.02. The maximum atomic E-state index is 12.8. The topological polar surface area (TPSA) is 150 Å². The first-order valence-corrected chi connectivity index (χ1v) is 16.0. The van der Waals surface area contributed by atoms with Crippen LogP contribution in [0.25, 0.3) is 0 Å². The Balaban J connectivity index is 1.14. The summed E-state index contributed by atoms with van der Waals surface area (Å²) >= 11 is 0. The van der Waals surface area contributed by atoms with Gasteiger partial charge < -0.3 is 24.8 Å². The molecule has 0 saturated carbocycles. The van der Waals surface area contributed by atoms with Crippen LogP contribution in [0.15, 0.2) is 60.8 Å². The van der Waals surface area contributed by atoms with Crippen molar-refractivity contribution in [3.05, 3.63) is 83.2 Å². The van der Waals surface area contributed by atoms with Crippen molar-refractivity contribution in [1.29, 1.82) is 0 Å². The van der Waals surface area contributed by atoms with E-state index in [1.54, 1.807) is 32.2 Å². The van der Waals surface area contributed by atoms with E-state index >= 15 is 0 Å². The predicted molar refractivity (Wildman–Crippen MR) is 167 cm³/mol. The first-order chi connectivity index (χ1) is 21.6. The summed E-state index contributed by atoms with van der Waals surface area (Å²) in [4.78, 5) is 30.5. The maximum absolute atomic E-state index is 12.8. The van der Waals surface area contributed by atoms with Crippen molar-refractivity contribution in [2.75, 3.05) is 44.3 Å². The van der Waals surface area contributed by atoms with Crippen LogP contribution < -0.4 is 24.4 Å². The Labute approximate surface area is 262 Å². The second-order valence-corrected chi connectivity index (χ2v) is 12.7. The Morgan fingerprint density at radius 3 is 2.31 bits per heavy atom. The molecule has 0 aliphatic carbocycles. The van der Waals surface area contributed by atoms with Crippen LogP contribution in [0.5, 0.6) is 11.5 Å². The first kappa shape index (κ1) is 31.8. The number of aromatic nitrogens is 1. The van der Waals surface area contributed by atoms with Crippen LogP contribution in [0, 0.1) is 17.8 Å². The third kappa shape index (κ3) is 8.10. The van der Waals surface area contributed by atoms with Crippen LogP contribution in [0.3, 0.4) is 0 Å². The third-order valence-electron chi connectivity index (χ3n) is 7.42. The lowest BCUT2D eigenvalue weighted by atomic mass is 10.1. The van der Waals surface area contributed by atoms with Gasteiger partial charge >= 0.3 is 5.97 Å². The molecule has 0 radical (unpaired) electrons. The first-order valence-electron chi connectivity index (χ1n) is 14.6. The van der Waals surface area contributed by atoms with Crippen LogP contribution in [-0.2, 0) is 21.5 Å². The fourth-order valence-corrected chi connectivity index (χ4v) is 6.38. The van der Waals surface area contributed by atoms with Crippen molar-refractivity contribution in [2.45, 2.75) is 26.4 Å². The largest absolute Gasteiger partial charge is 0.486 e. The number of carboxylic acid groups (broad SMARTS) is 1. The number of ether oxygens (including phenoxy) is 2. The summed E-state index contributed by atoms with van der Waals surface area (Å²) < 4.78 is 40.3. The van der Waals surface area contributed by atoms with E-state index in [0.29, 0.717) is 49.9 Å². The van der Waals surface area contributed by atoms with Gasteiger partial charge in [0.2, 0.25) is 0 Å². The number of nitrogens with zero attached hydrogens (tertiary/aromatic N) is 3. The molecule has 0 spiro atoms. The molecule has 2 aliphatic rings. The number of benzene rings is 2. The SMILES string of the molecule is CC(C)[C@@H](NS(=O)(=O)N1CCN(c2ccc(C#Cc3ccnc(C(=O)NCc4ccc5c(c4)OCCO5)c3)cc2)CC1)C(=O)O. The lowest BCUT2D eigenvalue weighted by Gasteiger charge is -2.36. The van der Waals surface area contributed by atoms with Crippen LogP contribution in [0.4, 0.5) is 5.69 Å². The fourth-order valence-electron chi connectivity index (χ4n) is 4.90. The molecule has 45 heavy (non-hydrogen) atoms. The lowest BCUT2D eigenvalue weighted by Crippen LogP contribution is -2.55. The molecule has 1 fully saturated rings. The highest BCUT2D eigenvalue weighted by atomic mass is 32.2. The van der Waals surface area contributed by atoms with Crippen LogP contribution in [0.1, 0.15) is 41.0 Å². The quantitative estimate of drug-likeness (QED) is 0.302.